The molecule has 92 valence electrons. The van der Waals surface area contributed by atoms with Crippen LogP contribution in [0.4, 0.5) is 0 Å². The van der Waals surface area contributed by atoms with Gasteiger partial charge in [-0.2, -0.15) is 0 Å². The van der Waals surface area contributed by atoms with Gasteiger partial charge in [0.15, 0.2) is 0 Å². The zero-order valence-corrected chi connectivity index (χ0v) is 15.5. The average molecular weight is 444 g/mol. The Balaban J connectivity index is 0. The number of hydrogen-bond donors (Lipinski definition) is 0. The van der Waals surface area contributed by atoms with Crippen LogP contribution in [0, 0.1) is 41.5 Å². The Kier molecular flexibility index (Phi) is 11.1. The largest absolute Gasteiger partial charge is 0.106 e. The summed E-state index contributed by atoms with van der Waals surface area (Å²) in [5.74, 6) is 0. The van der Waals surface area contributed by atoms with Gasteiger partial charge in [-0.05, 0) is 74.9 Å². The van der Waals surface area contributed by atoms with E-state index in [-0.39, 0.29) is 0 Å². The van der Waals surface area contributed by atoms with Crippen molar-refractivity contribution in [2.24, 2.45) is 0 Å². The van der Waals surface area contributed by atoms with Crippen LogP contribution < -0.4 is 0 Å². The van der Waals surface area contributed by atoms with Crippen molar-refractivity contribution in [3.8, 4) is 0 Å². The Morgan fingerprint density at radius 1 is 0.500 bits per heavy atom. The molecule has 0 fully saturated rings. The molecule has 0 bridgehead atoms. The lowest BCUT2D eigenvalue weighted by Crippen LogP contribution is -1.98. The Morgan fingerprint density at radius 3 is 0.625 bits per heavy atom. The van der Waals surface area contributed by atoms with E-state index in [0.717, 1.165) is 0 Å². The Bertz CT molecular complexity index is 236. The topological polar surface area (TPSA) is 0 Å². The van der Waals surface area contributed by atoms with Gasteiger partial charge in [0.05, 0.1) is 0 Å². The van der Waals surface area contributed by atoms with Crippen molar-refractivity contribution < 1.29 is 0 Å². The van der Waals surface area contributed by atoms with E-state index in [1.807, 2.05) is 0 Å². The van der Waals surface area contributed by atoms with Crippen LogP contribution in [0.5, 0.6) is 0 Å². The van der Waals surface area contributed by atoms with E-state index in [0.29, 0.717) is 0 Å². The number of halogens is 2. The standard InChI is InChI=1S/C12H18.C2H4.I2/c1-7-8(2)10(4)12(6)11(5)9(7)3;2*1-2/h1-6H3;1-2H2;. The summed E-state index contributed by atoms with van der Waals surface area (Å²) in [7, 11) is 0. The quantitative estimate of drug-likeness (QED) is 0.335. The normalized spacial score (nSPS) is 8.50. The van der Waals surface area contributed by atoms with Crippen LogP contribution in [0.25, 0.3) is 0 Å². The van der Waals surface area contributed by atoms with Gasteiger partial charge in [0.25, 0.3) is 0 Å². The molecule has 0 aliphatic rings. The summed E-state index contributed by atoms with van der Waals surface area (Å²) in [6.45, 7) is 19.3. The summed E-state index contributed by atoms with van der Waals surface area (Å²) in [4.78, 5) is 0. The minimum atomic E-state index is 1.45. The average Bonchev–Trinajstić information content (AvgIpc) is 2.36. The van der Waals surface area contributed by atoms with Crippen molar-refractivity contribution in [2.75, 3.05) is 0 Å². The van der Waals surface area contributed by atoms with Gasteiger partial charge < -0.3 is 0 Å². The predicted molar refractivity (Wildman–Crippen MR) is 94.2 cm³/mol. The van der Waals surface area contributed by atoms with Crippen molar-refractivity contribution in [3.63, 3.8) is 0 Å². The SMILES string of the molecule is C=C.Cc1c(C)c(C)c(C)c(C)c1C.II. The van der Waals surface area contributed by atoms with Crippen LogP contribution >= 0.6 is 37.2 Å². The Morgan fingerprint density at radius 2 is 0.562 bits per heavy atom. The summed E-state index contributed by atoms with van der Waals surface area (Å²) in [5.41, 5.74) is 8.73. The molecule has 0 aliphatic carbocycles. The third-order valence-corrected chi connectivity index (χ3v) is 3.38. The summed E-state index contributed by atoms with van der Waals surface area (Å²) in [6.07, 6.45) is 0. The zero-order valence-electron chi connectivity index (χ0n) is 11.2. The van der Waals surface area contributed by atoms with Crippen LogP contribution in [0.2, 0.25) is 0 Å². The first kappa shape index (κ1) is 18.8. The molecule has 0 nitrogen and oxygen atoms in total. The molecule has 0 unspecified atom stereocenters. The first-order valence-electron chi connectivity index (χ1n) is 5.14. The Hall–Kier alpha value is 0.420. The van der Waals surface area contributed by atoms with E-state index in [1.165, 1.54) is 33.4 Å². The van der Waals surface area contributed by atoms with Gasteiger partial charge >= 0.3 is 0 Å². The molecule has 0 amide bonds. The van der Waals surface area contributed by atoms with Gasteiger partial charge in [-0.25, -0.2) is 0 Å². The molecule has 0 aromatic heterocycles. The van der Waals surface area contributed by atoms with Crippen molar-refractivity contribution in [2.45, 2.75) is 41.5 Å². The molecule has 1 aromatic carbocycles. The molecule has 16 heavy (non-hydrogen) atoms. The summed E-state index contributed by atoms with van der Waals surface area (Å²) in [6, 6.07) is 0. The first-order chi connectivity index (χ1) is 7.46. The van der Waals surface area contributed by atoms with Gasteiger partial charge in [0.1, 0.15) is 0 Å². The van der Waals surface area contributed by atoms with Crippen molar-refractivity contribution >= 4 is 37.2 Å². The minimum absolute atomic E-state index is 1.45. The molecule has 0 saturated heterocycles. The lowest BCUT2D eigenvalue weighted by molar-refractivity contribution is 1.13. The third-order valence-electron chi connectivity index (χ3n) is 3.38. The predicted octanol–water partition coefficient (Wildman–Crippen LogP) is 6.11. The molecular weight excluding hydrogens is 422 g/mol. The fourth-order valence-electron chi connectivity index (χ4n) is 1.69. The molecule has 0 aliphatic heterocycles. The lowest BCUT2D eigenvalue weighted by Gasteiger charge is -2.15. The second-order valence-corrected chi connectivity index (χ2v) is 3.75. The molecule has 0 spiro atoms. The van der Waals surface area contributed by atoms with E-state index >= 15 is 0 Å². The lowest BCUT2D eigenvalue weighted by atomic mass is 9.90. The van der Waals surface area contributed by atoms with Crippen LogP contribution in [0.1, 0.15) is 33.4 Å². The fourth-order valence-corrected chi connectivity index (χ4v) is 1.69. The fraction of sp³-hybridized carbons (Fsp3) is 0.429. The number of hydrogen-bond acceptors (Lipinski definition) is 0. The molecule has 0 atom stereocenters. The highest BCUT2D eigenvalue weighted by Crippen LogP contribution is 2.24. The van der Waals surface area contributed by atoms with E-state index in [2.05, 4.69) is 91.9 Å². The molecule has 0 heterocycles. The summed E-state index contributed by atoms with van der Waals surface area (Å²) < 4.78 is 0. The smallest absolute Gasteiger partial charge is 0 e. The van der Waals surface area contributed by atoms with Crippen LogP contribution in [-0.4, -0.2) is 0 Å². The molecule has 1 aromatic rings. The third kappa shape index (κ3) is 4.35. The number of benzene rings is 1. The van der Waals surface area contributed by atoms with Gasteiger partial charge in [0.2, 0.25) is 0 Å². The molecule has 0 saturated carbocycles. The number of rotatable bonds is 0. The maximum Gasteiger partial charge on any atom is 0 e. The molecule has 2 heteroatoms. The van der Waals surface area contributed by atoms with E-state index in [9.17, 15) is 0 Å². The first-order valence-corrected chi connectivity index (χ1v) is 11.4. The molecule has 1 rings (SSSR count). The van der Waals surface area contributed by atoms with E-state index in [1.54, 1.807) is 0 Å². The van der Waals surface area contributed by atoms with Crippen LogP contribution in [-0.2, 0) is 0 Å². The summed E-state index contributed by atoms with van der Waals surface area (Å²) in [5, 5.41) is 0. The van der Waals surface area contributed by atoms with E-state index in [4.69, 9.17) is 0 Å². The second kappa shape index (κ2) is 9.45. The van der Waals surface area contributed by atoms with Gasteiger partial charge in [-0.15, -0.1) is 13.2 Å². The highest BCUT2D eigenvalue weighted by atomic mass is 128. The minimum Gasteiger partial charge on any atom is -0.106 e. The van der Waals surface area contributed by atoms with Gasteiger partial charge in [-0.1, -0.05) is 0 Å². The Labute approximate surface area is 124 Å². The highest BCUT2D eigenvalue weighted by molar-refractivity contribution is 15.0. The van der Waals surface area contributed by atoms with Gasteiger partial charge in [-0.3, -0.25) is 0 Å². The molecule has 0 radical (unpaired) electrons. The van der Waals surface area contributed by atoms with Crippen LogP contribution in [0.15, 0.2) is 13.2 Å². The van der Waals surface area contributed by atoms with Crippen molar-refractivity contribution in [3.05, 3.63) is 46.5 Å². The maximum absolute atomic E-state index is 3.00. The van der Waals surface area contributed by atoms with Gasteiger partial charge in [0, 0.05) is 37.2 Å². The van der Waals surface area contributed by atoms with Crippen LogP contribution in [0.3, 0.4) is 0 Å². The molecular formula is C14H22I2. The zero-order chi connectivity index (χ0) is 13.5. The maximum atomic E-state index is 3.00. The highest BCUT2D eigenvalue weighted by Gasteiger charge is 2.07. The second-order valence-electron chi connectivity index (χ2n) is 3.75. The van der Waals surface area contributed by atoms with Crippen molar-refractivity contribution in [1.82, 2.24) is 0 Å². The monoisotopic (exact) mass is 444 g/mol. The van der Waals surface area contributed by atoms with E-state index < -0.39 is 0 Å². The van der Waals surface area contributed by atoms with Crippen molar-refractivity contribution in [1.29, 1.82) is 0 Å². The summed E-state index contributed by atoms with van der Waals surface area (Å²) >= 11 is 4.24. The molecule has 0 N–H and O–H groups in total.